The first-order chi connectivity index (χ1) is 13.4. The molecule has 0 aliphatic rings. The Balaban J connectivity index is 1.58. The van der Waals surface area contributed by atoms with Crippen LogP contribution in [0.3, 0.4) is 0 Å². The van der Waals surface area contributed by atoms with Gasteiger partial charge >= 0.3 is 0 Å². The number of benzene rings is 2. The molecule has 1 aromatic heterocycles. The summed E-state index contributed by atoms with van der Waals surface area (Å²) in [6.45, 7) is 5.35. The van der Waals surface area contributed by atoms with Crippen LogP contribution < -0.4 is 4.74 Å². The zero-order valence-electron chi connectivity index (χ0n) is 16.5. The molecule has 28 heavy (non-hydrogen) atoms. The standard InChI is InChI=1S/C22H26FN3O2/c1-16-22(17(2)26(24-16)19-7-5-4-6-8-19)14-25(3)13-20(27)15-28-21-11-9-18(23)10-12-21/h4-12,20,27H,13-15H2,1-3H3. The normalized spacial score (nSPS) is 12.4. The van der Waals surface area contributed by atoms with E-state index in [1.807, 2.05) is 53.9 Å². The van der Waals surface area contributed by atoms with E-state index in [0.717, 1.165) is 22.6 Å². The van der Waals surface area contributed by atoms with Crippen molar-refractivity contribution in [3.8, 4) is 11.4 Å². The molecule has 5 nitrogen and oxygen atoms in total. The number of rotatable bonds is 8. The van der Waals surface area contributed by atoms with E-state index < -0.39 is 6.10 Å². The Hall–Kier alpha value is -2.70. The first-order valence-corrected chi connectivity index (χ1v) is 9.29. The maximum Gasteiger partial charge on any atom is 0.123 e. The molecule has 148 valence electrons. The van der Waals surface area contributed by atoms with Crippen LogP contribution in [-0.2, 0) is 6.54 Å². The highest BCUT2D eigenvalue weighted by Gasteiger charge is 2.16. The van der Waals surface area contributed by atoms with Crippen molar-refractivity contribution in [3.05, 3.63) is 77.4 Å². The van der Waals surface area contributed by atoms with Gasteiger partial charge in [0.15, 0.2) is 0 Å². The van der Waals surface area contributed by atoms with E-state index in [4.69, 9.17) is 4.74 Å². The summed E-state index contributed by atoms with van der Waals surface area (Å²) in [5.74, 6) is 0.230. The number of nitrogens with zero attached hydrogens (tertiary/aromatic N) is 3. The Labute approximate surface area is 165 Å². The van der Waals surface area contributed by atoms with Crippen LogP contribution in [0.2, 0.25) is 0 Å². The zero-order valence-corrected chi connectivity index (χ0v) is 16.5. The van der Waals surface area contributed by atoms with Crippen LogP contribution in [0.25, 0.3) is 5.69 Å². The molecule has 0 aliphatic carbocycles. The van der Waals surface area contributed by atoms with Crippen molar-refractivity contribution in [1.29, 1.82) is 0 Å². The second-order valence-corrected chi connectivity index (χ2v) is 7.01. The highest BCUT2D eigenvalue weighted by molar-refractivity contribution is 5.36. The summed E-state index contributed by atoms with van der Waals surface area (Å²) in [6.07, 6.45) is -0.653. The SMILES string of the molecule is Cc1nn(-c2ccccc2)c(C)c1CN(C)CC(O)COc1ccc(F)cc1. The highest BCUT2D eigenvalue weighted by Crippen LogP contribution is 2.19. The lowest BCUT2D eigenvalue weighted by molar-refractivity contribution is 0.0742. The number of para-hydroxylation sites is 1. The molecule has 0 radical (unpaired) electrons. The average Bonchev–Trinajstić information content (AvgIpc) is 2.96. The average molecular weight is 383 g/mol. The lowest BCUT2D eigenvalue weighted by Crippen LogP contribution is -2.33. The first kappa shape index (κ1) is 20.0. The summed E-state index contributed by atoms with van der Waals surface area (Å²) in [5, 5.41) is 14.9. The van der Waals surface area contributed by atoms with Gasteiger partial charge < -0.3 is 9.84 Å². The van der Waals surface area contributed by atoms with Gasteiger partial charge in [-0.15, -0.1) is 0 Å². The Morgan fingerprint density at radius 3 is 2.46 bits per heavy atom. The number of aromatic nitrogens is 2. The van der Waals surface area contributed by atoms with Gasteiger partial charge in [-0.3, -0.25) is 4.90 Å². The van der Waals surface area contributed by atoms with Gasteiger partial charge in [-0.05, 0) is 57.3 Å². The number of aliphatic hydroxyl groups excluding tert-OH is 1. The third kappa shape index (κ3) is 4.97. The van der Waals surface area contributed by atoms with Gasteiger partial charge in [0, 0.05) is 24.3 Å². The summed E-state index contributed by atoms with van der Waals surface area (Å²) in [7, 11) is 1.96. The molecule has 0 saturated carbocycles. The Kier molecular flexibility index (Phi) is 6.44. The number of hydrogen-bond donors (Lipinski definition) is 1. The lowest BCUT2D eigenvalue weighted by Gasteiger charge is -2.21. The molecule has 0 amide bonds. The van der Waals surface area contributed by atoms with Crippen molar-refractivity contribution in [3.63, 3.8) is 0 Å². The van der Waals surface area contributed by atoms with Gasteiger partial charge in [0.2, 0.25) is 0 Å². The fourth-order valence-corrected chi connectivity index (χ4v) is 3.19. The molecular weight excluding hydrogens is 357 g/mol. The molecule has 1 heterocycles. The van der Waals surface area contributed by atoms with E-state index in [1.54, 1.807) is 12.1 Å². The highest BCUT2D eigenvalue weighted by atomic mass is 19.1. The van der Waals surface area contributed by atoms with E-state index >= 15 is 0 Å². The van der Waals surface area contributed by atoms with E-state index in [2.05, 4.69) is 12.0 Å². The maximum absolute atomic E-state index is 12.9. The van der Waals surface area contributed by atoms with Crippen molar-refractivity contribution in [2.75, 3.05) is 20.2 Å². The second-order valence-electron chi connectivity index (χ2n) is 7.01. The summed E-state index contributed by atoms with van der Waals surface area (Å²) >= 11 is 0. The minimum Gasteiger partial charge on any atom is -0.491 e. The molecule has 6 heteroatoms. The lowest BCUT2D eigenvalue weighted by atomic mass is 10.2. The van der Waals surface area contributed by atoms with Gasteiger partial charge in [0.05, 0.1) is 11.4 Å². The minimum absolute atomic E-state index is 0.150. The fourth-order valence-electron chi connectivity index (χ4n) is 3.19. The molecule has 0 aliphatic heterocycles. The van der Waals surface area contributed by atoms with Crippen LogP contribution >= 0.6 is 0 Å². The summed E-state index contributed by atoms with van der Waals surface area (Å²) in [5.41, 5.74) is 4.25. The molecule has 0 spiro atoms. The summed E-state index contributed by atoms with van der Waals surface area (Å²) in [6, 6.07) is 15.8. The van der Waals surface area contributed by atoms with Gasteiger partial charge in [-0.2, -0.15) is 5.10 Å². The number of ether oxygens (including phenoxy) is 1. The van der Waals surface area contributed by atoms with Crippen molar-refractivity contribution >= 4 is 0 Å². The molecule has 1 N–H and O–H groups in total. The monoisotopic (exact) mass is 383 g/mol. The molecule has 3 rings (SSSR count). The van der Waals surface area contributed by atoms with Crippen LogP contribution in [0.1, 0.15) is 17.0 Å². The molecular formula is C22H26FN3O2. The zero-order chi connectivity index (χ0) is 20.1. The van der Waals surface area contributed by atoms with Gasteiger partial charge in [0.25, 0.3) is 0 Å². The summed E-state index contributed by atoms with van der Waals surface area (Å²) in [4.78, 5) is 2.05. The van der Waals surface area contributed by atoms with Gasteiger partial charge in [0.1, 0.15) is 24.3 Å². The number of aryl methyl sites for hydroxylation is 1. The predicted molar refractivity (Wildman–Crippen MR) is 107 cm³/mol. The smallest absolute Gasteiger partial charge is 0.123 e. The van der Waals surface area contributed by atoms with Crippen LogP contribution in [-0.4, -0.2) is 46.1 Å². The van der Waals surface area contributed by atoms with Crippen LogP contribution in [0.4, 0.5) is 4.39 Å². The number of hydrogen-bond acceptors (Lipinski definition) is 4. The number of likely N-dealkylation sites (N-methyl/N-ethyl adjacent to an activating group) is 1. The number of aliphatic hydroxyl groups is 1. The van der Waals surface area contributed by atoms with Crippen molar-refractivity contribution in [1.82, 2.24) is 14.7 Å². The van der Waals surface area contributed by atoms with Crippen LogP contribution in [0.5, 0.6) is 5.75 Å². The molecule has 1 unspecified atom stereocenters. The van der Waals surface area contributed by atoms with Crippen LogP contribution in [0.15, 0.2) is 54.6 Å². The molecule has 0 saturated heterocycles. The van der Waals surface area contributed by atoms with Crippen LogP contribution in [0, 0.1) is 19.7 Å². The molecule has 2 aromatic carbocycles. The van der Waals surface area contributed by atoms with Crippen molar-refractivity contribution < 1.29 is 14.2 Å². The summed E-state index contributed by atoms with van der Waals surface area (Å²) < 4.78 is 20.4. The molecule has 3 aromatic rings. The van der Waals surface area contributed by atoms with Gasteiger partial charge in [-0.25, -0.2) is 9.07 Å². The third-order valence-corrected chi connectivity index (χ3v) is 4.65. The maximum atomic E-state index is 12.9. The van der Waals surface area contributed by atoms with Gasteiger partial charge in [-0.1, -0.05) is 18.2 Å². The largest absolute Gasteiger partial charge is 0.491 e. The van der Waals surface area contributed by atoms with E-state index in [1.165, 1.54) is 12.1 Å². The second kappa shape index (κ2) is 8.99. The third-order valence-electron chi connectivity index (χ3n) is 4.65. The molecule has 1 atom stereocenters. The van der Waals surface area contributed by atoms with Crippen molar-refractivity contribution in [2.45, 2.75) is 26.5 Å². The quantitative estimate of drug-likeness (QED) is 0.647. The van der Waals surface area contributed by atoms with E-state index in [0.29, 0.717) is 18.8 Å². The van der Waals surface area contributed by atoms with E-state index in [-0.39, 0.29) is 12.4 Å². The fraction of sp³-hybridized carbons (Fsp3) is 0.318. The number of halogens is 1. The van der Waals surface area contributed by atoms with E-state index in [9.17, 15) is 9.50 Å². The Morgan fingerprint density at radius 2 is 1.79 bits per heavy atom. The Bertz CT molecular complexity index is 894. The minimum atomic E-state index is -0.653. The predicted octanol–water partition coefficient (Wildman–Crippen LogP) is 3.50. The Morgan fingerprint density at radius 1 is 1.11 bits per heavy atom. The van der Waals surface area contributed by atoms with Crippen molar-refractivity contribution in [2.24, 2.45) is 0 Å². The molecule has 0 fully saturated rings. The molecule has 0 bridgehead atoms. The topological polar surface area (TPSA) is 50.5 Å². The first-order valence-electron chi connectivity index (χ1n) is 9.29.